The Balaban J connectivity index is 5.10. The van der Waals surface area contributed by atoms with Crippen molar-refractivity contribution in [2.24, 2.45) is 4.52 Å². The van der Waals surface area contributed by atoms with Crippen molar-refractivity contribution in [1.82, 2.24) is 0 Å². The van der Waals surface area contributed by atoms with Gasteiger partial charge in [0, 0.05) is 17.3 Å². The summed E-state index contributed by atoms with van der Waals surface area (Å²) < 4.78 is 14.2. The van der Waals surface area contributed by atoms with Gasteiger partial charge in [-0.1, -0.05) is 54.9 Å². The van der Waals surface area contributed by atoms with Crippen LogP contribution in [-0.4, -0.2) is 17.3 Å². The first-order valence-corrected chi connectivity index (χ1v) is 15.9. The van der Waals surface area contributed by atoms with E-state index >= 15 is 0 Å². The van der Waals surface area contributed by atoms with Crippen molar-refractivity contribution in [2.75, 3.05) is 17.3 Å². The smallest absolute Gasteiger partial charge is 0.262 e. The fourth-order valence-corrected chi connectivity index (χ4v) is 22.6. The maximum Gasteiger partial charge on any atom is 0.364 e. The van der Waals surface area contributed by atoms with Gasteiger partial charge in [0.15, 0.2) is 0 Å². The van der Waals surface area contributed by atoms with Crippen LogP contribution in [0.4, 0.5) is 0 Å². The van der Waals surface area contributed by atoms with Gasteiger partial charge < -0.3 is 0 Å². The molecule has 0 saturated heterocycles. The van der Waals surface area contributed by atoms with Crippen molar-refractivity contribution in [3.05, 3.63) is 0 Å². The lowest BCUT2D eigenvalue weighted by Gasteiger charge is -2.22. The molecule has 0 spiro atoms. The molecule has 0 bridgehead atoms. The second-order valence-corrected chi connectivity index (χ2v) is 20.4. The average molecular weight is 388 g/mol. The first kappa shape index (κ1) is 20.1. The van der Waals surface area contributed by atoms with Crippen LogP contribution in [0, 0.1) is 0 Å². The Morgan fingerprint density at radius 1 is 0.889 bits per heavy atom. The Morgan fingerprint density at radius 2 is 1.22 bits per heavy atom. The van der Waals surface area contributed by atoms with Crippen LogP contribution in [0.2, 0.25) is 0 Å². The lowest BCUT2D eigenvalue weighted by atomic mass is 10.6. The molecule has 0 aliphatic heterocycles. The first-order valence-electron chi connectivity index (χ1n) is 5.96. The third kappa shape index (κ3) is 9.91. The van der Waals surface area contributed by atoms with Gasteiger partial charge in [0.05, 0.1) is 0 Å². The van der Waals surface area contributed by atoms with Crippen LogP contribution in [0.3, 0.4) is 0 Å². The molecular formula is C9H21Cl2NOP2S3. The van der Waals surface area contributed by atoms with E-state index in [1.807, 2.05) is 0 Å². The molecule has 0 unspecified atom stereocenters. The second kappa shape index (κ2) is 10.8. The van der Waals surface area contributed by atoms with Crippen molar-refractivity contribution in [2.45, 2.75) is 40.0 Å². The molecule has 110 valence electrons. The fraction of sp³-hybridized carbons (Fsp3) is 1.00. The Kier molecular flexibility index (Phi) is 12.0. The molecule has 0 saturated carbocycles. The summed E-state index contributed by atoms with van der Waals surface area (Å²) in [5, 5.41) is 0. The van der Waals surface area contributed by atoms with Crippen molar-refractivity contribution >= 4 is 67.3 Å². The second-order valence-electron chi connectivity index (χ2n) is 3.49. The highest BCUT2D eigenvalue weighted by atomic mass is 35.9. The van der Waals surface area contributed by atoms with E-state index in [9.17, 15) is 4.57 Å². The predicted molar refractivity (Wildman–Crippen MR) is 96.9 cm³/mol. The quantitative estimate of drug-likeness (QED) is 0.355. The molecular weight excluding hydrogens is 367 g/mol. The Hall–Kier alpha value is 2.09. The van der Waals surface area contributed by atoms with Gasteiger partial charge in [0.1, 0.15) is 4.66 Å². The van der Waals surface area contributed by atoms with Crippen LogP contribution in [0.25, 0.3) is 0 Å². The molecule has 9 heteroatoms. The van der Waals surface area contributed by atoms with Gasteiger partial charge >= 0.3 is 6.00 Å². The topological polar surface area (TPSA) is 29.4 Å². The summed E-state index contributed by atoms with van der Waals surface area (Å²) >= 11 is 16.8. The van der Waals surface area contributed by atoms with Gasteiger partial charge in [-0.15, -0.1) is 0 Å². The first-order chi connectivity index (χ1) is 8.39. The summed E-state index contributed by atoms with van der Waals surface area (Å²) in [5.41, 5.74) is 0. The van der Waals surface area contributed by atoms with Crippen molar-refractivity contribution in [3.63, 3.8) is 0 Å². The monoisotopic (exact) mass is 387 g/mol. The minimum Gasteiger partial charge on any atom is -0.262 e. The molecule has 0 aromatic carbocycles. The van der Waals surface area contributed by atoms with Crippen LogP contribution in [0.15, 0.2) is 4.52 Å². The van der Waals surface area contributed by atoms with E-state index in [-0.39, 0.29) is 0 Å². The zero-order chi connectivity index (χ0) is 14.1. The van der Waals surface area contributed by atoms with E-state index in [1.165, 1.54) is 0 Å². The summed E-state index contributed by atoms with van der Waals surface area (Å²) in [6.45, 7) is 6.41. The molecule has 0 N–H and O–H groups in total. The van der Waals surface area contributed by atoms with E-state index < -0.39 is 10.7 Å². The Morgan fingerprint density at radius 3 is 1.44 bits per heavy atom. The van der Waals surface area contributed by atoms with Crippen LogP contribution >= 0.6 is 67.3 Å². The van der Waals surface area contributed by atoms with Crippen LogP contribution < -0.4 is 0 Å². The van der Waals surface area contributed by atoms with Crippen LogP contribution in [-0.2, 0) is 4.57 Å². The largest absolute Gasteiger partial charge is 0.364 e. The zero-order valence-corrected chi connectivity index (χ0v) is 16.7. The summed E-state index contributed by atoms with van der Waals surface area (Å²) in [4.78, 5) is 0. The molecule has 0 radical (unpaired) electrons. The van der Waals surface area contributed by atoms with Gasteiger partial charge in [-0.25, -0.2) is 0 Å². The number of halogens is 2. The molecule has 0 aromatic rings. The third-order valence-corrected chi connectivity index (χ3v) is 19.5. The summed E-state index contributed by atoms with van der Waals surface area (Å²) in [5.74, 6) is -0.314. The molecule has 0 heterocycles. The molecule has 18 heavy (non-hydrogen) atoms. The van der Waals surface area contributed by atoms with E-state index in [0.717, 1.165) is 36.5 Å². The molecule has 0 aliphatic rings. The normalized spacial score (nSPS) is 12.7. The Labute approximate surface area is 133 Å². The van der Waals surface area contributed by atoms with E-state index in [2.05, 4.69) is 25.3 Å². The number of hydrogen-bond acceptors (Lipinski definition) is 4. The molecule has 2 nitrogen and oxygen atoms in total. The maximum atomic E-state index is 11.7. The molecule has 0 rings (SSSR count). The summed E-state index contributed by atoms with van der Waals surface area (Å²) in [6, 6.07) is 0. The third-order valence-electron chi connectivity index (χ3n) is 1.59. The fourth-order valence-electron chi connectivity index (χ4n) is 0.937. The number of rotatable bonds is 10. The highest BCUT2D eigenvalue weighted by Gasteiger charge is 2.26. The highest BCUT2D eigenvalue weighted by molar-refractivity contribution is 9.15. The van der Waals surface area contributed by atoms with Gasteiger partial charge in [0.2, 0.25) is 0 Å². The van der Waals surface area contributed by atoms with Crippen LogP contribution in [0.5, 0.6) is 0 Å². The maximum absolute atomic E-state index is 11.7. The van der Waals surface area contributed by atoms with Crippen molar-refractivity contribution in [3.8, 4) is 0 Å². The number of nitrogens with zero attached hydrogens (tertiary/aromatic N) is 1. The van der Waals surface area contributed by atoms with Crippen LogP contribution in [0.1, 0.15) is 40.0 Å². The highest BCUT2D eigenvalue weighted by Crippen LogP contribution is 2.85. The van der Waals surface area contributed by atoms with Gasteiger partial charge in [-0.05, 0) is 41.7 Å². The van der Waals surface area contributed by atoms with Gasteiger partial charge in [0.25, 0.3) is 0 Å². The minimum atomic E-state index is -3.35. The minimum absolute atomic E-state index is 1.01. The van der Waals surface area contributed by atoms with Gasteiger partial charge in [-0.2, -0.15) is 4.52 Å². The van der Waals surface area contributed by atoms with Crippen molar-refractivity contribution in [1.29, 1.82) is 0 Å². The average Bonchev–Trinajstić information content (AvgIpc) is 2.29. The zero-order valence-electron chi connectivity index (χ0n) is 11.0. The number of hydrogen-bond donors (Lipinski definition) is 0. The SMILES string of the molecule is CCCSP(=NP(=O)(Cl)Cl)(SCCC)SCCC. The Bertz CT molecular complexity index is 296. The predicted octanol–water partition coefficient (Wildman–Crippen LogP) is 7.95. The van der Waals surface area contributed by atoms with E-state index in [1.54, 1.807) is 34.1 Å². The van der Waals surface area contributed by atoms with Gasteiger partial charge in [-0.3, -0.25) is 4.57 Å². The summed E-state index contributed by atoms with van der Waals surface area (Å²) in [7, 11) is 0. The lowest BCUT2D eigenvalue weighted by molar-refractivity contribution is 0.594. The lowest BCUT2D eigenvalue weighted by Crippen LogP contribution is -1.79. The standard InChI is InChI=1S/C9H21Cl2NOP2S3/c1-4-7-16-15(17-8-5-2,18-9-6-3)12-14(10,11)13/h4-9H2,1-3H3. The molecule has 0 amide bonds. The molecule has 0 fully saturated rings. The molecule has 0 aromatic heterocycles. The summed E-state index contributed by atoms with van der Waals surface area (Å²) in [6.07, 6.45) is 3.24. The van der Waals surface area contributed by atoms with E-state index in [0.29, 0.717) is 0 Å². The van der Waals surface area contributed by atoms with Crippen molar-refractivity contribution < 1.29 is 4.57 Å². The van der Waals surface area contributed by atoms with E-state index in [4.69, 9.17) is 22.5 Å². The molecule has 0 atom stereocenters. The molecule has 0 aliphatic carbocycles.